The van der Waals surface area contributed by atoms with Gasteiger partial charge in [-0.05, 0) is 6.07 Å². The van der Waals surface area contributed by atoms with Gasteiger partial charge in [0.1, 0.15) is 0 Å². The average molecular weight is 158 g/mol. The first kappa shape index (κ1) is 9.82. The first-order chi connectivity index (χ1) is 5.13. The minimum absolute atomic E-state index is 0.303. The zero-order valence-corrected chi connectivity index (χ0v) is 5.51. The van der Waals surface area contributed by atoms with Crippen LogP contribution in [0.25, 0.3) is 0 Å². The van der Waals surface area contributed by atoms with Gasteiger partial charge in [0.15, 0.2) is 0 Å². The Kier molecular flexibility index (Phi) is 5.00. The summed E-state index contributed by atoms with van der Waals surface area (Å²) in [4.78, 5) is 15.8. The van der Waals surface area contributed by atoms with Gasteiger partial charge >= 0.3 is 13.0 Å². The Morgan fingerprint density at radius 3 is 2.18 bits per heavy atom. The number of nitrogens with one attached hydrogen (secondary N) is 1. The van der Waals surface area contributed by atoms with Crippen molar-refractivity contribution in [3.8, 4) is 0 Å². The van der Waals surface area contributed by atoms with Gasteiger partial charge in [-0.1, -0.05) is 0 Å². The second kappa shape index (κ2) is 5.60. The number of aromatic amines is 1. The van der Waals surface area contributed by atoms with Crippen LogP contribution in [0.15, 0.2) is 23.3 Å². The summed E-state index contributed by atoms with van der Waals surface area (Å²) in [6.45, 7) is 0. The molecule has 1 heterocycles. The Morgan fingerprint density at radius 2 is 2.00 bits per heavy atom. The molecule has 0 amide bonds. The molecular weight excluding hydrogens is 151 g/mol. The monoisotopic (exact) mass is 158 g/mol. The fourth-order valence-corrected chi connectivity index (χ4v) is 0.310. The van der Waals surface area contributed by atoms with Gasteiger partial charge in [-0.25, -0.2) is 9.78 Å². The van der Waals surface area contributed by atoms with Gasteiger partial charge in [0.25, 0.3) is 0 Å². The Bertz CT molecular complexity index is 217. The number of hydrogen-bond acceptors (Lipinski definition) is 5. The molecule has 0 aromatic carbocycles. The van der Waals surface area contributed by atoms with E-state index in [9.17, 15) is 4.79 Å². The van der Waals surface area contributed by atoms with Crippen LogP contribution >= 0.6 is 0 Å². The van der Waals surface area contributed by atoms with E-state index in [1.165, 1.54) is 12.4 Å². The summed E-state index contributed by atoms with van der Waals surface area (Å²) in [5.41, 5.74) is -0.303. The summed E-state index contributed by atoms with van der Waals surface area (Å²) in [6.07, 6.45) is 2.98. The smallest absolute Gasteiger partial charge is 0.402 e. The van der Waals surface area contributed by atoms with E-state index in [1.54, 1.807) is 6.07 Å². The van der Waals surface area contributed by atoms with Gasteiger partial charge in [0.05, 0.1) is 0 Å². The van der Waals surface area contributed by atoms with E-state index in [4.69, 9.17) is 15.1 Å². The van der Waals surface area contributed by atoms with Crippen LogP contribution in [0, 0.1) is 0 Å². The molecule has 0 aliphatic rings. The van der Waals surface area contributed by atoms with Gasteiger partial charge in [-0.2, -0.15) is 0 Å². The zero-order chi connectivity index (χ0) is 8.69. The SMILES string of the molecule is O=c1nccc[nH]1.OB(O)O. The highest BCUT2D eigenvalue weighted by Gasteiger charge is 1.92. The van der Waals surface area contributed by atoms with E-state index < -0.39 is 7.32 Å². The van der Waals surface area contributed by atoms with Crippen molar-refractivity contribution in [1.29, 1.82) is 0 Å². The summed E-state index contributed by atoms with van der Waals surface area (Å²) in [7, 11) is -2.17. The average Bonchev–Trinajstić information content (AvgIpc) is 1.87. The first-order valence-corrected chi connectivity index (χ1v) is 2.67. The molecule has 0 unspecified atom stereocenters. The van der Waals surface area contributed by atoms with Gasteiger partial charge in [-0.3, -0.25) is 0 Å². The molecule has 0 bridgehead atoms. The van der Waals surface area contributed by atoms with Crippen molar-refractivity contribution in [1.82, 2.24) is 9.97 Å². The Balaban J connectivity index is 0.000000218. The van der Waals surface area contributed by atoms with Gasteiger partial charge in [-0.15, -0.1) is 0 Å². The number of rotatable bonds is 0. The maximum absolute atomic E-state index is 10.1. The predicted octanol–water partition coefficient (Wildman–Crippen LogP) is -2.28. The molecule has 0 radical (unpaired) electrons. The van der Waals surface area contributed by atoms with Gasteiger partial charge < -0.3 is 20.1 Å². The molecule has 6 nitrogen and oxygen atoms in total. The van der Waals surface area contributed by atoms with Crippen molar-refractivity contribution in [2.24, 2.45) is 0 Å². The van der Waals surface area contributed by atoms with Crippen molar-refractivity contribution in [3.63, 3.8) is 0 Å². The van der Waals surface area contributed by atoms with E-state index in [-0.39, 0.29) is 5.69 Å². The second-order valence-electron chi connectivity index (χ2n) is 1.43. The fraction of sp³-hybridized carbons (Fsp3) is 0. The molecule has 11 heavy (non-hydrogen) atoms. The number of nitrogens with zero attached hydrogens (tertiary/aromatic N) is 1. The van der Waals surface area contributed by atoms with E-state index in [2.05, 4.69) is 9.97 Å². The quantitative estimate of drug-likeness (QED) is 0.318. The van der Waals surface area contributed by atoms with Crippen LogP contribution < -0.4 is 5.69 Å². The predicted molar refractivity (Wildman–Crippen MR) is 37.3 cm³/mol. The highest BCUT2D eigenvalue weighted by molar-refractivity contribution is 6.30. The van der Waals surface area contributed by atoms with E-state index in [1.807, 2.05) is 0 Å². The third-order valence-corrected chi connectivity index (χ3v) is 0.581. The fourth-order valence-electron chi connectivity index (χ4n) is 0.310. The van der Waals surface area contributed by atoms with Gasteiger partial charge in [0, 0.05) is 12.4 Å². The van der Waals surface area contributed by atoms with Crippen LogP contribution in [-0.2, 0) is 0 Å². The minimum Gasteiger partial charge on any atom is -0.402 e. The molecule has 7 heteroatoms. The maximum atomic E-state index is 10.1. The third kappa shape index (κ3) is 8.82. The first-order valence-electron chi connectivity index (χ1n) is 2.67. The lowest BCUT2D eigenvalue weighted by Gasteiger charge is -1.72. The summed E-state index contributed by atoms with van der Waals surface area (Å²) >= 11 is 0. The van der Waals surface area contributed by atoms with Crippen LogP contribution in [0.2, 0.25) is 0 Å². The van der Waals surface area contributed by atoms with Gasteiger partial charge in [0.2, 0.25) is 0 Å². The van der Waals surface area contributed by atoms with Crippen molar-refractivity contribution >= 4 is 7.32 Å². The maximum Gasteiger partial charge on any atom is 0.631 e. The molecular formula is C4H7BN2O4. The zero-order valence-electron chi connectivity index (χ0n) is 5.51. The van der Waals surface area contributed by atoms with Crippen molar-refractivity contribution in [2.45, 2.75) is 0 Å². The number of H-pyrrole nitrogens is 1. The molecule has 1 aromatic rings. The second-order valence-corrected chi connectivity index (χ2v) is 1.43. The molecule has 1 rings (SSSR count). The molecule has 0 aliphatic carbocycles. The van der Waals surface area contributed by atoms with Crippen LogP contribution in [0.1, 0.15) is 0 Å². The van der Waals surface area contributed by atoms with Crippen LogP contribution in [0.4, 0.5) is 0 Å². The topological polar surface area (TPSA) is 106 Å². The molecule has 4 N–H and O–H groups in total. The molecule has 0 spiro atoms. The lowest BCUT2D eigenvalue weighted by Crippen LogP contribution is -2.07. The lowest BCUT2D eigenvalue weighted by molar-refractivity contribution is 0.278. The van der Waals surface area contributed by atoms with Crippen molar-refractivity contribution < 1.29 is 15.1 Å². The molecule has 0 atom stereocenters. The molecule has 0 aliphatic heterocycles. The molecule has 60 valence electrons. The number of aromatic nitrogens is 2. The summed E-state index contributed by atoms with van der Waals surface area (Å²) < 4.78 is 0. The Morgan fingerprint density at radius 1 is 1.45 bits per heavy atom. The molecule has 0 fully saturated rings. The van der Waals surface area contributed by atoms with E-state index in [0.29, 0.717) is 0 Å². The van der Waals surface area contributed by atoms with Crippen molar-refractivity contribution in [3.05, 3.63) is 28.9 Å². The Hall–Kier alpha value is -1.18. The standard InChI is InChI=1S/C4H4N2O.BH3O3/c7-4-5-2-1-3-6-4;2-1(3)4/h1-3H,(H,5,6,7);2-4H. The minimum atomic E-state index is -2.17. The molecule has 0 saturated heterocycles. The highest BCUT2D eigenvalue weighted by Crippen LogP contribution is 1.61. The van der Waals surface area contributed by atoms with Crippen LogP contribution in [-0.4, -0.2) is 32.4 Å². The van der Waals surface area contributed by atoms with E-state index in [0.717, 1.165) is 0 Å². The highest BCUT2D eigenvalue weighted by atomic mass is 16.5. The third-order valence-electron chi connectivity index (χ3n) is 0.581. The summed E-state index contributed by atoms with van der Waals surface area (Å²) in [5.74, 6) is 0. The molecule has 1 aromatic heterocycles. The van der Waals surface area contributed by atoms with E-state index >= 15 is 0 Å². The summed E-state index contributed by atoms with van der Waals surface area (Å²) in [6, 6.07) is 1.65. The largest absolute Gasteiger partial charge is 0.631 e. The lowest BCUT2D eigenvalue weighted by atomic mass is 10.3. The normalized spacial score (nSPS) is 7.91. The summed E-state index contributed by atoms with van der Waals surface area (Å²) in [5, 5.41) is 21.5. The van der Waals surface area contributed by atoms with Crippen molar-refractivity contribution in [2.75, 3.05) is 0 Å². The van der Waals surface area contributed by atoms with Crippen LogP contribution in [0.5, 0.6) is 0 Å². The Labute approximate surface area is 62.3 Å². The molecule has 0 saturated carbocycles. The van der Waals surface area contributed by atoms with Crippen LogP contribution in [0.3, 0.4) is 0 Å². The number of hydrogen-bond donors (Lipinski definition) is 4.